The molecule has 2 rings (SSSR count). The van der Waals surface area contributed by atoms with E-state index in [2.05, 4.69) is 15.0 Å². The van der Waals surface area contributed by atoms with E-state index < -0.39 is 25.7 Å². The normalized spacial score (nSPS) is 18.4. The lowest BCUT2D eigenvalue weighted by Crippen LogP contribution is -2.40. The second-order valence-corrected chi connectivity index (χ2v) is 3.32. The lowest BCUT2D eigenvalue weighted by atomic mass is 9.76. The van der Waals surface area contributed by atoms with E-state index in [0.29, 0.717) is 0 Å². The Hall–Kier alpha value is -1.74. The predicted octanol–water partition coefficient (Wildman–Crippen LogP) is -0.370. The fourth-order valence-electron chi connectivity index (χ4n) is 1.59. The molecule has 9 heteroatoms. The molecule has 1 aliphatic rings. The fourth-order valence-corrected chi connectivity index (χ4v) is 1.59. The van der Waals surface area contributed by atoms with Gasteiger partial charge in [-0.3, -0.25) is 5.32 Å². The molecule has 2 heterocycles. The highest BCUT2D eigenvalue weighted by molar-refractivity contribution is 6.59. The molecule has 90 valence electrons. The van der Waals surface area contributed by atoms with Crippen LogP contribution in [0.2, 0.25) is 0 Å². The lowest BCUT2D eigenvalue weighted by Gasteiger charge is -2.26. The summed E-state index contributed by atoms with van der Waals surface area (Å²) in [4.78, 5) is 14.7. The molecule has 0 aromatic carbocycles. The zero-order chi connectivity index (χ0) is 12.6. The zero-order valence-corrected chi connectivity index (χ0v) is 8.30. The largest absolute Gasteiger partial charge is 0.489 e. The summed E-state index contributed by atoms with van der Waals surface area (Å²) in [7, 11) is -1.95. The minimum absolute atomic E-state index is 0.155. The van der Waals surface area contributed by atoms with Gasteiger partial charge in [-0.05, 0) is 11.5 Å². The van der Waals surface area contributed by atoms with E-state index in [-0.39, 0.29) is 16.8 Å². The molecule has 0 fully saturated rings. The molecule has 0 saturated carbocycles. The summed E-state index contributed by atoms with van der Waals surface area (Å²) in [5, 5.41) is 20.2. The standard InChI is InChI=1S/C8H7BF2N2O4/c10-6(11)5-4-3(9(15)16)1-2-12-7(4)13-8(14)17-5/h1-2,5-6,15-16H,(H,12,13,14)/t5-/m1/s1. The molecule has 1 amide bonds. The van der Waals surface area contributed by atoms with Gasteiger partial charge in [-0.15, -0.1) is 0 Å². The third kappa shape index (κ3) is 2.06. The summed E-state index contributed by atoms with van der Waals surface area (Å²) in [6.45, 7) is 0. The van der Waals surface area contributed by atoms with Crippen LogP contribution in [0.5, 0.6) is 0 Å². The topological polar surface area (TPSA) is 91.7 Å². The Morgan fingerprint density at radius 3 is 2.82 bits per heavy atom. The first-order valence-corrected chi connectivity index (χ1v) is 4.61. The molecule has 0 bridgehead atoms. The molecule has 0 unspecified atom stereocenters. The third-order valence-corrected chi connectivity index (χ3v) is 2.27. The van der Waals surface area contributed by atoms with Crippen LogP contribution in [0.3, 0.4) is 0 Å². The van der Waals surface area contributed by atoms with Crippen LogP contribution in [0.15, 0.2) is 12.3 Å². The van der Waals surface area contributed by atoms with Crippen LogP contribution in [0, 0.1) is 0 Å². The molecule has 0 aliphatic carbocycles. The SMILES string of the molecule is O=C1Nc2nccc(B(O)O)c2[C@H](C(F)F)O1. The maximum absolute atomic E-state index is 12.7. The Balaban J connectivity index is 2.56. The first-order valence-electron chi connectivity index (χ1n) is 4.61. The molecule has 1 atom stereocenters. The van der Waals surface area contributed by atoms with Gasteiger partial charge in [0.1, 0.15) is 5.82 Å². The average molecular weight is 244 g/mol. The molecular weight excluding hydrogens is 237 g/mol. The number of fused-ring (bicyclic) bond motifs is 1. The minimum Gasteiger partial charge on any atom is -0.435 e. The number of nitrogens with one attached hydrogen (secondary N) is 1. The van der Waals surface area contributed by atoms with Gasteiger partial charge in [-0.1, -0.05) is 0 Å². The maximum atomic E-state index is 12.7. The van der Waals surface area contributed by atoms with E-state index in [1.165, 1.54) is 12.3 Å². The van der Waals surface area contributed by atoms with Gasteiger partial charge in [0.2, 0.25) is 0 Å². The molecule has 1 aromatic heterocycles. The number of carbonyl (C=O) groups is 1. The van der Waals surface area contributed by atoms with Crippen LogP contribution in [0.25, 0.3) is 0 Å². The number of aromatic nitrogens is 1. The molecule has 6 nitrogen and oxygen atoms in total. The molecule has 1 aromatic rings. The second kappa shape index (κ2) is 4.26. The van der Waals surface area contributed by atoms with E-state index >= 15 is 0 Å². The quantitative estimate of drug-likeness (QED) is 0.617. The van der Waals surface area contributed by atoms with Crippen LogP contribution < -0.4 is 10.8 Å². The number of cyclic esters (lactones) is 1. The molecule has 0 saturated heterocycles. The van der Waals surface area contributed by atoms with Crippen molar-refractivity contribution >= 4 is 24.5 Å². The van der Waals surface area contributed by atoms with Crippen LogP contribution in [0.4, 0.5) is 19.4 Å². The minimum atomic E-state index is -2.98. The van der Waals surface area contributed by atoms with Crippen molar-refractivity contribution in [3.05, 3.63) is 17.8 Å². The van der Waals surface area contributed by atoms with Crippen molar-refractivity contribution in [1.82, 2.24) is 4.98 Å². The Kier molecular flexibility index (Phi) is 2.94. The van der Waals surface area contributed by atoms with Crippen molar-refractivity contribution in [1.29, 1.82) is 0 Å². The number of amides is 1. The average Bonchev–Trinajstić information content (AvgIpc) is 2.26. The number of carbonyl (C=O) groups excluding carboxylic acids is 1. The lowest BCUT2D eigenvalue weighted by molar-refractivity contribution is -0.0167. The van der Waals surface area contributed by atoms with Crippen molar-refractivity contribution in [2.45, 2.75) is 12.5 Å². The third-order valence-electron chi connectivity index (χ3n) is 2.27. The van der Waals surface area contributed by atoms with Gasteiger partial charge in [-0.2, -0.15) is 0 Å². The summed E-state index contributed by atoms with van der Waals surface area (Å²) in [5.74, 6) is -0.155. The van der Waals surface area contributed by atoms with Gasteiger partial charge in [0.05, 0.1) is 0 Å². The number of halogens is 2. The van der Waals surface area contributed by atoms with Crippen LogP contribution >= 0.6 is 0 Å². The number of anilines is 1. The molecule has 1 aliphatic heterocycles. The summed E-state index contributed by atoms with van der Waals surface area (Å²) < 4.78 is 29.8. The Morgan fingerprint density at radius 2 is 2.24 bits per heavy atom. The van der Waals surface area contributed by atoms with Gasteiger partial charge in [-0.25, -0.2) is 18.6 Å². The van der Waals surface area contributed by atoms with E-state index in [9.17, 15) is 13.6 Å². The number of nitrogens with zero attached hydrogens (tertiary/aromatic N) is 1. The van der Waals surface area contributed by atoms with Gasteiger partial charge < -0.3 is 14.8 Å². The van der Waals surface area contributed by atoms with Gasteiger partial charge >= 0.3 is 13.2 Å². The first-order chi connectivity index (χ1) is 8.00. The van der Waals surface area contributed by atoms with Gasteiger partial charge in [0.25, 0.3) is 6.43 Å². The fraction of sp³-hybridized carbons (Fsp3) is 0.250. The van der Waals surface area contributed by atoms with Crippen LogP contribution in [-0.2, 0) is 4.74 Å². The summed E-state index contributed by atoms with van der Waals surface area (Å²) in [6, 6.07) is 1.17. The highest BCUT2D eigenvalue weighted by Gasteiger charge is 2.38. The molecule has 0 radical (unpaired) electrons. The smallest absolute Gasteiger partial charge is 0.435 e. The number of pyridine rings is 1. The van der Waals surface area contributed by atoms with Crippen LogP contribution in [-0.4, -0.2) is 34.7 Å². The van der Waals surface area contributed by atoms with Crippen molar-refractivity contribution in [2.75, 3.05) is 5.32 Å². The van der Waals surface area contributed by atoms with E-state index in [1.807, 2.05) is 0 Å². The number of ether oxygens (including phenoxy) is 1. The molecule has 0 spiro atoms. The first kappa shape index (κ1) is 11.7. The predicted molar refractivity (Wildman–Crippen MR) is 52.9 cm³/mol. The highest BCUT2D eigenvalue weighted by Crippen LogP contribution is 2.32. The molecular formula is C8H7BF2N2O4. The van der Waals surface area contributed by atoms with Crippen molar-refractivity contribution in [3.63, 3.8) is 0 Å². The molecule has 17 heavy (non-hydrogen) atoms. The van der Waals surface area contributed by atoms with E-state index in [1.54, 1.807) is 0 Å². The molecule has 3 N–H and O–H groups in total. The van der Waals surface area contributed by atoms with Gasteiger partial charge in [0, 0.05) is 11.8 Å². The Bertz CT molecular complexity index is 457. The Morgan fingerprint density at radius 1 is 1.53 bits per heavy atom. The Labute approximate surface area is 94.4 Å². The van der Waals surface area contributed by atoms with Crippen molar-refractivity contribution < 1.29 is 28.4 Å². The van der Waals surface area contributed by atoms with E-state index in [0.717, 1.165) is 0 Å². The van der Waals surface area contributed by atoms with E-state index in [4.69, 9.17) is 10.0 Å². The van der Waals surface area contributed by atoms with Crippen molar-refractivity contribution in [3.8, 4) is 0 Å². The van der Waals surface area contributed by atoms with Gasteiger partial charge in [0.15, 0.2) is 6.10 Å². The summed E-state index contributed by atoms with van der Waals surface area (Å²) >= 11 is 0. The summed E-state index contributed by atoms with van der Waals surface area (Å²) in [5.41, 5.74) is -0.405. The zero-order valence-electron chi connectivity index (χ0n) is 8.30. The second-order valence-electron chi connectivity index (χ2n) is 3.32. The highest BCUT2D eigenvalue weighted by atomic mass is 19.3. The van der Waals surface area contributed by atoms with Crippen LogP contribution in [0.1, 0.15) is 11.7 Å². The summed E-state index contributed by atoms with van der Waals surface area (Å²) in [6.07, 6.45) is -4.73. The monoisotopic (exact) mass is 244 g/mol. The maximum Gasteiger partial charge on any atom is 0.489 e. The van der Waals surface area contributed by atoms with Crippen molar-refractivity contribution in [2.24, 2.45) is 0 Å². The number of hydrogen-bond acceptors (Lipinski definition) is 5. The number of alkyl halides is 2. The number of hydrogen-bond donors (Lipinski definition) is 3. The number of rotatable bonds is 2.